The van der Waals surface area contributed by atoms with Crippen molar-refractivity contribution in [3.63, 3.8) is 0 Å². The van der Waals surface area contributed by atoms with E-state index in [-0.39, 0.29) is 0 Å². The lowest BCUT2D eigenvalue weighted by Crippen LogP contribution is -2.00. The zero-order valence-electron chi connectivity index (χ0n) is 23.9. The molecule has 1 aromatic heterocycles. The highest BCUT2D eigenvalue weighted by atomic mass is 15.0. The quantitative estimate of drug-likeness (QED) is 0.210. The molecule has 0 radical (unpaired) electrons. The molecule has 0 saturated heterocycles. The largest absolute Gasteiger partial charge is 0.308 e. The summed E-state index contributed by atoms with van der Waals surface area (Å²) in [5.41, 5.74) is 8.78. The van der Waals surface area contributed by atoms with Crippen molar-refractivity contribution in [1.29, 1.82) is 21.0 Å². The van der Waals surface area contributed by atoms with Crippen molar-refractivity contribution in [3.05, 3.63) is 150 Å². The molecule has 206 valence electrons. The summed E-state index contributed by atoms with van der Waals surface area (Å²) < 4.78 is 2.15. The number of rotatable bonds is 4. The van der Waals surface area contributed by atoms with E-state index in [0.29, 0.717) is 33.4 Å². The molecule has 0 spiro atoms. The Morgan fingerprint density at radius 3 is 1.29 bits per heavy atom. The molecule has 7 aromatic rings. The highest BCUT2D eigenvalue weighted by Gasteiger charge is 2.24. The summed E-state index contributed by atoms with van der Waals surface area (Å²) in [5.74, 6) is 0. The maximum atomic E-state index is 10.1. The Kier molecular flexibility index (Phi) is 6.62. The molecule has 6 aromatic carbocycles. The predicted octanol–water partition coefficient (Wildman–Crippen LogP) is 9.27. The van der Waals surface area contributed by atoms with E-state index in [1.807, 2.05) is 66.7 Å². The number of nitriles is 4. The van der Waals surface area contributed by atoms with Gasteiger partial charge in [-0.2, -0.15) is 21.0 Å². The Morgan fingerprint density at radius 1 is 0.400 bits per heavy atom. The first-order valence-corrected chi connectivity index (χ1v) is 14.3. The Bertz CT molecular complexity index is 2280. The fourth-order valence-corrected chi connectivity index (χ4v) is 6.29. The topological polar surface area (TPSA) is 100 Å². The van der Waals surface area contributed by atoms with Crippen LogP contribution in [0.25, 0.3) is 60.9 Å². The first kappa shape index (κ1) is 26.9. The number of fused-ring (bicyclic) bond motifs is 3. The number of para-hydroxylation sites is 2. The molecule has 5 nitrogen and oxygen atoms in total. The van der Waals surface area contributed by atoms with Crippen LogP contribution in [-0.4, -0.2) is 4.57 Å². The standard InChI is InChI=1S/C40H21N5/c41-22-28-12-4-13-29(23-42)37(28)35-19-7-17-33-34-18-8-20-36(38-30(24-43)14-5-15-31(38)25-44)40(34)45(39(33)35)32-16-6-11-27(21-32)26-9-2-1-3-10-26/h1-21H. The molecule has 0 aliphatic rings. The second kappa shape index (κ2) is 11.1. The zero-order valence-corrected chi connectivity index (χ0v) is 23.9. The van der Waals surface area contributed by atoms with Gasteiger partial charge in [0.1, 0.15) is 0 Å². The SMILES string of the molecule is N#Cc1cccc(C#N)c1-c1cccc2c3cccc(-c4c(C#N)cccc4C#N)c3n(-c3cccc(-c4ccccc4)c3)c12. The molecule has 0 N–H and O–H groups in total. The highest BCUT2D eigenvalue weighted by Crippen LogP contribution is 2.44. The van der Waals surface area contributed by atoms with Crippen molar-refractivity contribution in [3.8, 4) is 63.3 Å². The van der Waals surface area contributed by atoms with E-state index in [0.717, 1.165) is 49.7 Å². The number of aromatic nitrogens is 1. The Labute approximate surface area is 259 Å². The molecule has 0 atom stereocenters. The summed E-state index contributed by atoms with van der Waals surface area (Å²) in [6.45, 7) is 0. The lowest BCUT2D eigenvalue weighted by molar-refractivity contribution is 1.18. The van der Waals surface area contributed by atoms with Crippen molar-refractivity contribution in [2.75, 3.05) is 0 Å². The van der Waals surface area contributed by atoms with Crippen LogP contribution in [0.4, 0.5) is 0 Å². The van der Waals surface area contributed by atoms with Gasteiger partial charge in [0.05, 0.1) is 57.6 Å². The van der Waals surface area contributed by atoms with Gasteiger partial charge in [-0.15, -0.1) is 0 Å². The summed E-state index contributed by atoms with van der Waals surface area (Å²) >= 11 is 0. The van der Waals surface area contributed by atoms with Crippen LogP contribution in [0, 0.1) is 45.3 Å². The minimum atomic E-state index is 0.401. The van der Waals surface area contributed by atoms with E-state index >= 15 is 0 Å². The van der Waals surface area contributed by atoms with Gasteiger partial charge in [-0.3, -0.25) is 0 Å². The van der Waals surface area contributed by atoms with E-state index in [2.05, 4.69) is 53.1 Å². The summed E-state index contributed by atoms with van der Waals surface area (Å²) in [7, 11) is 0. The second-order valence-electron chi connectivity index (χ2n) is 10.6. The van der Waals surface area contributed by atoms with Crippen molar-refractivity contribution >= 4 is 21.8 Å². The van der Waals surface area contributed by atoms with Crippen LogP contribution in [0.1, 0.15) is 22.3 Å². The Hall–Kier alpha value is -6.92. The van der Waals surface area contributed by atoms with Gasteiger partial charge >= 0.3 is 0 Å². The maximum absolute atomic E-state index is 10.1. The minimum Gasteiger partial charge on any atom is -0.308 e. The van der Waals surface area contributed by atoms with Crippen molar-refractivity contribution in [2.45, 2.75) is 0 Å². The molecule has 1 heterocycles. The molecule has 5 heteroatoms. The molecule has 0 amide bonds. The van der Waals surface area contributed by atoms with Crippen LogP contribution in [0.15, 0.2) is 127 Å². The summed E-state index contributed by atoms with van der Waals surface area (Å²) in [4.78, 5) is 0. The third-order valence-electron chi connectivity index (χ3n) is 8.17. The average Bonchev–Trinajstić information content (AvgIpc) is 3.46. The fourth-order valence-electron chi connectivity index (χ4n) is 6.29. The molecule has 0 aliphatic carbocycles. The predicted molar refractivity (Wildman–Crippen MR) is 176 cm³/mol. The van der Waals surface area contributed by atoms with Gasteiger partial charge in [-0.1, -0.05) is 91.0 Å². The lowest BCUT2D eigenvalue weighted by Gasteiger charge is -2.16. The second-order valence-corrected chi connectivity index (χ2v) is 10.6. The number of benzene rings is 6. The summed E-state index contributed by atoms with van der Waals surface area (Å²) in [6, 6.07) is 49.7. The van der Waals surface area contributed by atoms with Gasteiger partial charge in [0.2, 0.25) is 0 Å². The molecular weight excluding hydrogens is 550 g/mol. The van der Waals surface area contributed by atoms with E-state index in [1.165, 1.54) is 0 Å². The van der Waals surface area contributed by atoms with Crippen LogP contribution < -0.4 is 0 Å². The monoisotopic (exact) mass is 571 g/mol. The normalized spacial score (nSPS) is 10.6. The highest BCUT2D eigenvalue weighted by molar-refractivity contribution is 6.18. The Morgan fingerprint density at radius 2 is 0.822 bits per heavy atom. The van der Waals surface area contributed by atoms with Gasteiger partial charge in [0.25, 0.3) is 0 Å². The molecular formula is C40H21N5. The van der Waals surface area contributed by atoms with E-state index < -0.39 is 0 Å². The number of hydrogen-bond donors (Lipinski definition) is 0. The van der Waals surface area contributed by atoms with Gasteiger partial charge < -0.3 is 4.57 Å². The molecule has 45 heavy (non-hydrogen) atoms. The van der Waals surface area contributed by atoms with E-state index in [4.69, 9.17) is 0 Å². The van der Waals surface area contributed by atoms with Crippen molar-refractivity contribution in [1.82, 2.24) is 4.57 Å². The van der Waals surface area contributed by atoms with Crippen molar-refractivity contribution in [2.24, 2.45) is 0 Å². The zero-order chi connectivity index (χ0) is 30.9. The van der Waals surface area contributed by atoms with Crippen molar-refractivity contribution < 1.29 is 0 Å². The van der Waals surface area contributed by atoms with Gasteiger partial charge in [0, 0.05) is 38.7 Å². The van der Waals surface area contributed by atoms with Gasteiger partial charge in [-0.25, -0.2) is 0 Å². The van der Waals surface area contributed by atoms with E-state index in [1.54, 1.807) is 36.4 Å². The van der Waals surface area contributed by atoms with Crippen LogP contribution in [0.5, 0.6) is 0 Å². The van der Waals surface area contributed by atoms with Crippen LogP contribution >= 0.6 is 0 Å². The fraction of sp³-hybridized carbons (Fsp3) is 0. The number of hydrogen-bond acceptors (Lipinski definition) is 4. The third-order valence-corrected chi connectivity index (χ3v) is 8.17. The van der Waals surface area contributed by atoms with Gasteiger partial charge in [-0.05, 0) is 47.5 Å². The average molecular weight is 572 g/mol. The smallest absolute Gasteiger partial charge is 0.0998 e. The maximum Gasteiger partial charge on any atom is 0.0998 e. The molecule has 0 bridgehead atoms. The molecule has 0 saturated carbocycles. The first-order valence-electron chi connectivity index (χ1n) is 14.3. The first-order chi connectivity index (χ1) is 22.2. The van der Waals surface area contributed by atoms with Crippen LogP contribution in [0.3, 0.4) is 0 Å². The molecule has 0 fully saturated rings. The molecule has 0 unspecified atom stereocenters. The van der Waals surface area contributed by atoms with E-state index in [9.17, 15) is 21.0 Å². The van der Waals surface area contributed by atoms with Crippen LogP contribution in [0.2, 0.25) is 0 Å². The van der Waals surface area contributed by atoms with Crippen LogP contribution in [-0.2, 0) is 0 Å². The lowest BCUT2D eigenvalue weighted by atomic mass is 9.93. The molecule has 0 aliphatic heterocycles. The van der Waals surface area contributed by atoms with Gasteiger partial charge in [0.15, 0.2) is 0 Å². The molecule has 7 rings (SSSR count). The summed E-state index contributed by atoms with van der Waals surface area (Å²) in [6.07, 6.45) is 0. The Balaban J connectivity index is 1.71. The summed E-state index contributed by atoms with van der Waals surface area (Å²) in [5, 5.41) is 42.4. The minimum absolute atomic E-state index is 0.401. The third kappa shape index (κ3) is 4.29. The number of nitrogens with zero attached hydrogens (tertiary/aromatic N) is 5.